The van der Waals surface area contributed by atoms with Crippen molar-refractivity contribution in [2.75, 3.05) is 0 Å². The Morgan fingerprint density at radius 1 is 1.45 bits per heavy atom. The first-order valence-corrected chi connectivity index (χ1v) is 3.97. The maximum atomic E-state index is 5.72. The van der Waals surface area contributed by atoms with Gasteiger partial charge in [-0.05, 0) is 15.9 Å². The summed E-state index contributed by atoms with van der Waals surface area (Å²) in [5.41, 5.74) is 0.557. The highest BCUT2D eigenvalue weighted by Gasteiger charge is 2.04. The molecule has 0 saturated heterocycles. The number of fused-ring (bicyclic) bond motifs is 1. The molecule has 0 spiro atoms. The lowest BCUT2D eigenvalue weighted by molar-refractivity contribution is 1.05. The van der Waals surface area contributed by atoms with Gasteiger partial charge in [0, 0.05) is 12.4 Å². The molecule has 2 rings (SSSR count). The van der Waals surface area contributed by atoms with Gasteiger partial charge in [0.05, 0.1) is 0 Å². The average molecular weight is 233 g/mol. The molecule has 0 atom stereocenters. The molecule has 0 aliphatic rings. The van der Waals surface area contributed by atoms with E-state index in [2.05, 4.69) is 31.1 Å². The fraction of sp³-hybridized carbons (Fsp3) is 0. The zero-order chi connectivity index (χ0) is 7.84. The van der Waals surface area contributed by atoms with Gasteiger partial charge >= 0.3 is 0 Å². The molecule has 0 bridgehead atoms. The minimum absolute atomic E-state index is 0.353. The van der Waals surface area contributed by atoms with E-state index in [1.165, 1.54) is 0 Å². The van der Waals surface area contributed by atoms with E-state index in [4.69, 9.17) is 11.6 Å². The minimum atomic E-state index is 0.353. The van der Waals surface area contributed by atoms with Gasteiger partial charge in [-0.1, -0.05) is 11.6 Å². The second kappa shape index (κ2) is 2.42. The number of halogens is 2. The van der Waals surface area contributed by atoms with Crippen LogP contribution in [0.5, 0.6) is 0 Å². The fourth-order valence-corrected chi connectivity index (χ4v) is 1.32. The quantitative estimate of drug-likeness (QED) is 0.693. The normalized spacial score (nSPS) is 10.7. The first-order valence-electron chi connectivity index (χ1n) is 2.80. The highest BCUT2D eigenvalue weighted by atomic mass is 79.9. The molecule has 0 saturated carbocycles. The molecule has 0 amide bonds. The van der Waals surface area contributed by atoms with E-state index >= 15 is 0 Å². The molecule has 0 aliphatic heterocycles. The molecule has 0 unspecified atom stereocenters. The number of nitrogens with zero attached hydrogens (tertiary/aromatic N) is 4. The molecule has 0 fully saturated rings. The van der Waals surface area contributed by atoms with Crippen molar-refractivity contribution < 1.29 is 0 Å². The Hall–Kier alpha value is -0.680. The second-order valence-corrected chi connectivity index (χ2v) is 2.95. The fourth-order valence-electron chi connectivity index (χ4n) is 0.768. The molecule has 11 heavy (non-hydrogen) atoms. The Balaban J connectivity index is 2.94. The number of hydrogen-bond acceptors (Lipinski definition) is 3. The van der Waals surface area contributed by atoms with Crippen molar-refractivity contribution in [2.24, 2.45) is 0 Å². The summed E-state index contributed by atoms with van der Waals surface area (Å²) in [6.45, 7) is 0. The smallest absolute Gasteiger partial charge is 0.204 e. The van der Waals surface area contributed by atoms with Crippen LogP contribution in [0.15, 0.2) is 17.1 Å². The summed E-state index contributed by atoms with van der Waals surface area (Å²) in [6, 6.07) is 0. The minimum Gasteiger partial charge on any atom is -0.273 e. The molecule has 2 heterocycles. The van der Waals surface area contributed by atoms with Crippen molar-refractivity contribution in [2.45, 2.75) is 0 Å². The van der Waals surface area contributed by atoms with Crippen molar-refractivity contribution in [3.63, 3.8) is 0 Å². The maximum Gasteiger partial charge on any atom is 0.204 e. The zero-order valence-electron chi connectivity index (χ0n) is 5.20. The third-order valence-electron chi connectivity index (χ3n) is 1.24. The Bertz CT molecular complexity index is 398. The average Bonchev–Trinajstić information content (AvgIpc) is 2.35. The highest BCUT2D eigenvalue weighted by molar-refractivity contribution is 9.10. The summed E-state index contributed by atoms with van der Waals surface area (Å²) < 4.78 is 2.33. The molecule has 0 aromatic carbocycles. The molecular weight excluding hydrogens is 231 g/mol. The summed E-state index contributed by atoms with van der Waals surface area (Å²) in [5.74, 6) is 0. The van der Waals surface area contributed by atoms with Crippen molar-refractivity contribution in [1.82, 2.24) is 19.6 Å². The SMILES string of the molecule is Clc1nccn2c(Br)nnc12. The summed E-state index contributed by atoms with van der Waals surface area (Å²) >= 11 is 8.92. The Morgan fingerprint density at radius 2 is 2.27 bits per heavy atom. The number of aromatic nitrogens is 4. The summed E-state index contributed by atoms with van der Waals surface area (Å²) in [5, 5.41) is 7.90. The highest BCUT2D eigenvalue weighted by Crippen LogP contribution is 2.14. The Morgan fingerprint density at radius 3 is 3.00 bits per heavy atom. The Labute approximate surface area is 75.3 Å². The van der Waals surface area contributed by atoms with Gasteiger partial charge < -0.3 is 0 Å². The molecule has 0 N–H and O–H groups in total. The zero-order valence-corrected chi connectivity index (χ0v) is 7.54. The second-order valence-electron chi connectivity index (χ2n) is 1.88. The van der Waals surface area contributed by atoms with Crippen LogP contribution in [-0.4, -0.2) is 19.6 Å². The van der Waals surface area contributed by atoms with E-state index in [0.717, 1.165) is 0 Å². The van der Waals surface area contributed by atoms with Crippen molar-refractivity contribution >= 4 is 33.2 Å². The molecule has 4 nitrogen and oxygen atoms in total. The van der Waals surface area contributed by atoms with Gasteiger partial charge in [0.1, 0.15) is 0 Å². The standard InChI is InChI=1S/C5H2BrClN4/c6-5-10-9-4-3(7)8-1-2-11(4)5/h1-2H. The first kappa shape index (κ1) is 7.00. The van der Waals surface area contributed by atoms with Crippen molar-refractivity contribution in [1.29, 1.82) is 0 Å². The predicted octanol–water partition coefficient (Wildman–Crippen LogP) is 1.54. The van der Waals surface area contributed by atoms with Crippen LogP contribution < -0.4 is 0 Å². The molecule has 56 valence electrons. The van der Waals surface area contributed by atoms with Gasteiger partial charge in [-0.15, -0.1) is 10.2 Å². The molecule has 0 radical (unpaired) electrons. The Kier molecular flexibility index (Phi) is 1.54. The van der Waals surface area contributed by atoms with Crippen LogP contribution in [0.3, 0.4) is 0 Å². The van der Waals surface area contributed by atoms with E-state index in [0.29, 0.717) is 15.5 Å². The molecule has 0 aliphatic carbocycles. The van der Waals surface area contributed by atoms with Crippen LogP contribution in [-0.2, 0) is 0 Å². The van der Waals surface area contributed by atoms with E-state index in [1.807, 2.05) is 0 Å². The monoisotopic (exact) mass is 232 g/mol. The van der Waals surface area contributed by atoms with Gasteiger partial charge in [-0.3, -0.25) is 4.40 Å². The third-order valence-corrected chi connectivity index (χ3v) is 2.05. The third kappa shape index (κ3) is 1.00. The van der Waals surface area contributed by atoms with Gasteiger partial charge in [-0.25, -0.2) is 4.98 Å². The summed E-state index contributed by atoms with van der Waals surface area (Å²) in [7, 11) is 0. The first-order chi connectivity index (χ1) is 5.29. The molecule has 2 aromatic heterocycles. The van der Waals surface area contributed by atoms with Crippen molar-refractivity contribution in [3.8, 4) is 0 Å². The molecule has 2 aromatic rings. The van der Waals surface area contributed by atoms with E-state index in [-0.39, 0.29) is 0 Å². The van der Waals surface area contributed by atoms with Gasteiger partial charge in [0.25, 0.3) is 0 Å². The van der Waals surface area contributed by atoms with E-state index < -0.39 is 0 Å². The molecule has 6 heteroatoms. The number of rotatable bonds is 0. The van der Waals surface area contributed by atoms with E-state index in [9.17, 15) is 0 Å². The summed E-state index contributed by atoms with van der Waals surface area (Å²) in [4.78, 5) is 3.84. The van der Waals surface area contributed by atoms with Crippen LogP contribution in [0, 0.1) is 0 Å². The van der Waals surface area contributed by atoms with E-state index in [1.54, 1.807) is 16.8 Å². The van der Waals surface area contributed by atoms with Gasteiger partial charge in [0.2, 0.25) is 4.73 Å². The van der Waals surface area contributed by atoms with Gasteiger partial charge in [0.15, 0.2) is 10.8 Å². The largest absolute Gasteiger partial charge is 0.273 e. The lowest BCUT2D eigenvalue weighted by Gasteiger charge is -1.91. The molecular formula is C5H2BrClN4. The van der Waals surface area contributed by atoms with Crippen LogP contribution in [0.2, 0.25) is 5.15 Å². The summed E-state index contributed by atoms with van der Waals surface area (Å²) in [6.07, 6.45) is 3.31. The number of hydrogen-bond donors (Lipinski definition) is 0. The maximum absolute atomic E-state index is 5.72. The van der Waals surface area contributed by atoms with Crippen LogP contribution in [0.4, 0.5) is 0 Å². The van der Waals surface area contributed by atoms with Crippen LogP contribution in [0.25, 0.3) is 5.65 Å². The van der Waals surface area contributed by atoms with Crippen LogP contribution >= 0.6 is 27.5 Å². The topological polar surface area (TPSA) is 43.1 Å². The predicted molar refractivity (Wildman–Crippen MR) is 43.5 cm³/mol. The lowest BCUT2D eigenvalue weighted by Crippen LogP contribution is -1.86. The van der Waals surface area contributed by atoms with Crippen LogP contribution in [0.1, 0.15) is 0 Å². The van der Waals surface area contributed by atoms with Gasteiger partial charge in [-0.2, -0.15) is 0 Å². The lowest BCUT2D eigenvalue weighted by atomic mass is 10.7. The van der Waals surface area contributed by atoms with Crippen molar-refractivity contribution in [3.05, 3.63) is 22.3 Å².